The van der Waals surface area contributed by atoms with Gasteiger partial charge in [-0.15, -0.1) is 0 Å². The Morgan fingerprint density at radius 2 is 0.855 bits per heavy atom. The fourth-order valence-corrected chi connectivity index (χ4v) is 7.21. The second-order valence-electron chi connectivity index (χ2n) is 16.4. The first-order chi connectivity index (χ1) is 27.0. The first-order valence-electron chi connectivity index (χ1n) is 24.1. The molecule has 6 nitrogen and oxygen atoms in total. The minimum atomic E-state index is -0.861. The van der Waals surface area contributed by atoms with Gasteiger partial charge in [-0.1, -0.05) is 205 Å². The van der Waals surface area contributed by atoms with Gasteiger partial charge in [-0.3, -0.25) is 9.59 Å². The Morgan fingerprint density at radius 3 is 1.29 bits per heavy atom. The summed E-state index contributed by atoms with van der Waals surface area (Å²) in [5, 5.41) is 23.0. The average molecular weight is 776 g/mol. The highest BCUT2D eigenvalue weighted by atomic mass is 16.5. The third-order valence-corrected chi connectivity index (χ3v) is 11.0. The Morgan fingerprint density at radius 1 is 0.491 bits per heavy atom. The summed E-state index contributed by atoms with van der Waals surface area (Å²) in [6.45, 7) is 4.82. The lowest BCUT2D eigenvalue weighted by Gasteiger charge is -2.20. The predicted octanol–water partition coefficient (Wildman–Crippen LogP) is 14.0. The predicted molar refractivity (Wildman–Crippen MR) is 236 cm³/mol. The van der Waals surface area contributed by atoms with Crippen molar-refractivity contribution in [2.45, 2.75) is 264 Å². The van der Waals surface area contributed by atoms with Crippen LogP contribution in [0, 0.1) is 0 Å². The van der Waals surface area contributed by atoms with Gasteiger partial charge in [0.25, 0.3) is 0 Å². The molecule has 0 aromatic heterocycles. The zero-order chi connectivity index (χ0) is 40.1. The van der Waals surface area contributed by atoms with E-state index in [1.165, 1.54) is 167 Å². The third kappa shape index (κ3) is 41.8. The van der Waals surface area contributed by atoms with Crippen LogP contribution in [0.3, 0.4) is 0 Å². The molecule has 3 N–H and O–H groups in total. The van der Waals surface area contributed by atoms with Gasteiger partial charge >= 0.3 is 5.97 Å². The van der Waals surface area contributed by atoms with Crippen molar-refractivity contribution < 1.29 is 24.5 Å². The van der Waals surface area contributed by atoms with Crippen LogP contribution in [0.4, 0.5) is 0 Å². The maximum absolute atomic E-state index is 12.4. The summed E-state index contributed by atoms with van der Waals surface area (Å²) in [4.78, 5) is 24.4. The van der Waals surface area contributed by atoms with Gasteiger partial charge in [-0.05, 0) is 57.8 Å². The molecule has 0 bridgehead atoms. The van der Waals surface area contributed by atoms with Crippen molar-refractivity contribution in [3.05, 3.63) is 24.3 Å². The Hall–Kier alpha value is -1.66. The van der Waals surface area contributed by atoms with Gasteiger partial charge < -0.3 is 20.3 Å². The fourth-order valence-electron chi connectivity index (χ4n) is 7.21. The highest BCUT2D eigenvalue weighted by Crippen LogP contribution is 2.15. The van der Waals surface area contributed by atoms with E-state index in [1.54, 1.807) is 6.08 Å². The number of amides is 1. The number of ether oxygens (including phenoxy) is 1. The molecule has 1 amide bonds. The molecular formula is C49H93NO5. The summed E-state index contributed by atoms with van der Waals surface area (Å²) >= 11 is 0. The largest absolute Gasteiger partial charge is 0.466 e. The van der Waals surface area contributed by atoms with Crippen LogP contribution < -0.4 is 5.32 Å². The molecule has 2 atom stereocenters. The van der Waals surface area contributed by atoms with Crippen LogP contribution in [0.15, 0.2) is 24.3 Å². The fraction of sp³-hybridized carbons (Fsp3) is 0.878. The van der Waals surface area contributed by atoms with E-state index < -0.39 is 12.1 Å². The zero-order valence-electron chi connectivity index (χ0n) is 36.7. The molecule has 0 aliphatic heterocycles. The van der Waals surface area contributed by atoms with E-state index in [2.05, 4.69) is 31.3 Å². The van der Waals surface area contributed by atoms with Crippen molar-refractivity contribution >= 4 is 11.9 Å². The zero-order valence-corrected chi connectivity index (χ0v) is 36.7. The van der Waals surface area contributed by atoms with E-state index in [-0.39, 0.29) is 18.5 Å². The van der Waals surface area contributed by atoms with Crippen LogP contribution >= 0.6 is 0 Å². The summed E-state index contributed by atoms with van der Waals surface area (Å²) < 4.78 is 5.44. The highest BCUT2D eigenvalue weighted by Gasteiger charge is 2.18. The molecule has 0 radical (unpaired) electrons. The number of nitrogens with one attached hydrogen (secondary N) is 1. The molecular weight excluding hydrogens is 683 g/mol. The Kier molecular flexibility index (Phi) is 43.7. The van der Waals surface area contributed by atoms with Crippen LogP contribution in [-0.2, 0) is 14.3 Å². The lowest BCUT2D eigenvalue weighted by molar-refractivity contribution is -0.143. The standard InChI is InChI=1S/C49H93NO5/c1-3-5-7-9-11-13-15-17-18-19-21-23-27-31-35-39-43-49(54)55-44-40-36-32-28-24-26-30-34-38-42-48(53)50-46(45-51)47(52)41-37-33-29-25-22-20-16-14-12-10-8-6-4-2/h18-19,37,41,46-47,51-52H,3-17,20-36,38-40,42-45H2,1-2H3,(H,50,53)/b19-18-,41-37+. The van der Waals surface area contributed by atoms with Gasteiger partial charge in [0.1, 0.15) is 0 Å². The lowest BCUT2D eigenvalue weighted by atomic mass is 10.0. The van der Waals surface area contributed by atoms with Gasteiger partial charge in [-0.2, -0.15) is 0 Å². The molecule has 324 valence electrons. The number of rotatable bonds is 44. The van der Waals surface area contributed by atoms with Crippen LogP contribution in [0.25, 0.3) is 0 Å². The van der Waals surface area contributed by atoms with Gasteiger partial charge in [-0.25, -0.2) is 0 Å². The molecule has 0 saturated heterocycles. The maximum atomic E-state index is 12.4. The van der Waals surface area contributed by atoms with E-state index >= 15 is 0 Å². The second kappa shape index (κ2) is 45.0. The Bertz CT molecular complexity index is 858. The molecule has 0 aromatic rings. The molecule has 0 aromatic carbocycles. The summed E-state index contributed by atoms with van der Waals surface area (Å²) in [6.07, 6.45) is 51.6. The third-order valence-electron chi connectivity index (χ3n) is 11.0. The van der Waals surface area contributed by atoms with E-state index in [4.69, 9.17) is 4.74 Å². The van der Waals surface area contributed by atoms with E-state index in [0.717, 1.165) is 57.8 Å². The summed E-state index contributed by atoms with van der Waals surface area (Å²) in [6, 6.07) is -0.647. The quantitative estimate of drug-likeness (QED) is 0.0325. The number of carbonyl (C=O) groups is 2. The molecule has 2 unspecified atom stereocenters. The van der Waals surface area contributed by atoms with Crippen LogP contribution in [0.1, 0.15) is 251 Å². The van der Waals surface area contributed by atoms with Crippen molar-refractivity contribution in [3.63, 3.8) is 0 Å². The number of allylic oxidation sites excluding steroid dienone is 3. The Labute approximate surface area is 341 Å². The summed E-state index contributed by atoms with van der Waals surface area (Å²) in [5.74, 6) is -0.132. The molecule has 0 aliphatic carbocycles. The smallest absolute Gasteiger partial charge is 0.305 e. The molecule has 0 fully saturated rings. The molecule has 0 spiro atoms. The van der Waals surface area contributed by atoms with Crippen molar-refractivity contribution in [1.29, 1.82) is 0 Å². The Balaban J connectivity index is 3.53. The second-order valence-corrected chi connectivity index (χ2v) is 16.4. The van der Waals surface area contributed by atoms with Crippen LogP contribution in [-0.4, -0.2) is 47.4 Å². The van der Waals surface area contributed by atoms with Gasteiger partial charge in [0, 0.05) is 12.8 Å². The number of hydrogen-bond donors (Lipinski definition) is 3. The first-order valence-corrected chi connectivity index (χ1v) is 24.1. The first kappa shape index (κ1) is 53.3. The van der Waals surface area contributed by atoms with Gasteiger partial charge in [0.2, 0.25) is 5.91 Å². The summed E-state index contributed by atoms with van der Waals surface area (Å²) in [5.41, 5.74) is 0. The number of carbonyl (C=O) groups excluding carboxylic acids is 2. The van der Waals surface area contributed by atoms with Crippen molar-refractivity contribution in [3.8, 4) is 0 Å². The topological polar surface area (TPSA) is 95.9 Å². The molecule has 6 heteroatoms. The number of hydrogen-bond acceptors (Lipinski definition) is 5. The number of aliphatic hydroxyl groups is 2. The highest BCUT2D eigenvalue weighted by molar-refractivity contribution is 5.76. The summed E-state index contributed by atoms with van der Waals surface area (Å²) in [7, 11) is 0. The van der Waals surface area contributed by atoms with Crippen LogP contribution in [0.2, 0.25) is 0 Å². The molecule has 0 rings (SSSR count). The van der Waals surface area contributed by atoms with Gasteiger partial charge in [0.15, 0.2) is 0 Å². The van der Waals surface area contributed by atoms with E-state index in [9.17, 15) is 19.8 Å². The minimum absolute atomic E-state index is 0.0353. The monoisotopic (exact) mass is 776 g/mol. The SMILES string of the molecule is CCCCCCCCC/C=C\CCCCCCCC(=O)OCCCCCCCCCCCC(=O)NC(CO)C(O)/C=C/CCCCCCCCCCCCC. The van der Waals surface area contributed by atoms with E-state index in [0.29, 0.717) is 19.4 Å². The number of unbranched alkanes of at least 4 members (excludes halogenated alkanes) is 31. The minimum Gasteiger partial charge on any atom is -0.466 e. The van der Waals surface area contributed by atoms with Crippen LogP contribution in [0.5, 0.6) is 0 Å². The number of aliphatic hydroxyl groups excluding tert-OH is 2. The average Bonchev–Trinajstić information content (AvgIpc) is 3.18. The van der Waals surface area contributed by atoms with Crippen molar-refractivity contribution in [2.75, 3.05) is 13.2 Å². The normalized spacial score (nSPS) is 12.9. The number of esters is 1. The van der Waals surface area contributed by atoms with Gasteiger partial charge in [0.05, 0.1) is 25.4 Å². The maximum Gasteiger partial charge on any atom is 0.305 e. The molecule has 55 heavy (non-hydrogen) atoms. The van der Waals surface area contributed by atoms with Crippen molar-refractivity contribution in [1.82, 2.24) is 5.32 Å². The molecule has 0 aliphatic rings. The van der Waals surface area contributed by atoms with Crippen molar-refractivity contribution in [2.24, 2.45) is 0 Å². The van der Waals surface area contributed by atoms with E-state index in [1.807, 2.05) is 6.08 Å². The lowest BCUT2D eigenvalue weighted by Crippen LogP contribution is -2.45. The molecule has 0 saturated carbocycles. The molecule has 0 heterocycles.